The van der Waals surface area contributed by atoms with Crippen molar-refractivity contribution in [3.8, 4) is 0 Å². The standard InChI is InChI=1S/C30H39F3/c1-6-8-25-13-11-21(3)16-26(25)14-12-22(4)27-17-23(5)28(29(19-27)30(31,32)33)18-24-10-7-9-20(2)15-24/h11,13,16-17,19-20,24H,4,6-10,12,14-15,18H2,1-3,5H3. The maximum atomic E-state index is 14.1. The van der Waals surface area contributed by atoms with E-state index in [1.807, 2.05) is 13.0 Å². The molecule has 180 valence electrons. The van der Waals surface area contributed by atoms with Crippen LogP contribution in [0.3, 0.4) is 0 Å². The highest BCUT2D eigenvalue weighted by molar-refractivity contribution is 5.66. The molecule has 0 nitrogen and oxygen atoms in total. The third-order valence-electron chi connectivity index (χ3n) is 7.30. The van der Waals surface area contributed by atoms with Gasteiger partial charge in [-0.15, -0.1) is 0 Å². The highest BCUT2D eigenvalue weighted by atomic mass is 19.4. The van der Waals surface area contributed by atoms with Crippen LogP contribution in [0.2, 0.25) is 0 Å². The van der Waals surface area contributed by atoms with Crippen LogP contribution < -0.4 is 0 Å². The summed E-state index contributed by atoms with van der Waals surface area (Å²) in [5, 5.41) is 0. The van der Waals surface area contributed by atoms with Crippen molar-refractivity contribution in [1.82, 2.24) is 0 Å². The van der Waals surface area contributed by atoms with Gasteiger partial charge in [0.25, 0.3) is 0 Å². The Balaban J connectivity index is 1.83. The molecule has 0 aliphatic heterocycles. The number of halogens is 3. The Morgan fingerprint density at radius 2 is 1.79 bits per heavy atom. The quantitative estimate of drug-likeness (QED) is 0.371. The number of hydrogen-bond acceptors (Lipinski definition) is 0. The van der Waals surface area contributed by atoms with E-state index in [1.54, 1.807) is 0 Å². The van der Waals surface area contributed by atoms with Gasteiger partial charge in [-0.05, 0) is 97.2 Å². The van der Waals surface area contributed by atoms with Crippen molar-refractivity contribution in [2.45, 2.75) is 91.7 Å². The van der Waals surface area contributed by atoms with Crippen molar-refractivity contribution < 1.29 is 13.2 Å². The van der Waals surface area contributed by atoms with Crippen molar-refractivity contribution in [1.29, 1.82) is 0 Å². The third kappa shape index (κ3) is 6.74. The Bertz CT molecular complexity index is 967. The molecule has 0 N–H and O–H groups in total. The molecule has 0 heterocycles. The molecule has 33 heavy (non-hydrogen) atoms. The zero-order chi connectivity index (χ0) is 24.2. The summed E-state index contributed by atoms with van der Waals surface area (Å²) in [6.07, 6.45) is 4.13. The molecular weight excluding hydrogens is 417 g/mol. The van der Waals surface area contributed by atoms with Crippen LogP contribution in [0.4, 0.5) is 13.2 Å². The summed E-state index contributed by atoms with van der Waals surface area (Å²) in [6.45, 7) is 12.5. The minimum atomic E-state index is -4.35. The molecule has 2 atom stereocenters. The van der Waals surface area contributed by atoms with E-state index in [4.69, 9.17) is 0 Å². The van der Waals surface area contributed by atoms with E-state index in [-0.39, 0.29) is 0 Å². The predicted octanol–water partition coefficient (Wildman–Crippen LogP) is 9.29. The van der Waals surface area contributed by atoms with Gasteiger partial charge < -0.3 is 0 Å². The second-order valence-electron chi connectivity index (χ2n) is 10.3. The van der Waals surface area contributed by atoms with Gasteiger partial charge >= 0.3 is 6.18 Å². The van der Waals surface area contributed by atoms with Crippen LogP contribution in [0.1, 0.15) is 91.3 Å². The van der Waals surface area contributed by atoms with Gasteiger partial charge in [-0.2, -0.15) is 13.2 Å². The minimum Gasteiger partial charge on any atom is -0.166 e. The molecular formula is C30H39F3. The van der Waals surface area contributed by atoms with Crippen LogP contribution >= 0.6 is 0 Å². The van der Waals surface area contributed by atoms with Gasteiger partial charge in [0, 0.05) is 0 Å². The molecule has 1 saturated carbocycles. The first kappa shape index (κ1) is 25.6. The second kappa shape index (κ2) is 10.9. The van der Waals surface area contributed by atoms with E-state index in [9.17, 15) is 13.2 Å². The fraction of sp³-hybridized carbons (Fsp3) is 0.533. The Kier molecular flexibility index (Phi) is 8.48. The summed E-state index contributed by atoms with van der Waals surface area (Å²) in [5.41, 5.74) is 6.03. The number of hydrogen-bond donors (Lipinski definition) is 0. The smallest absolute Gasteiger partial charge is 0.166 e. The minimum absolute atomic E-state index is 0.348. The first-order valence-corrected chi connectivity index (χ1v) is 12.6. The zero-order valence-electron chi connectivity index (χ0n) is 20.7. The Hall–Kier alpha value is -2.03. The molecule has 0 spiro atoms. The molecule has 2 unspecified atom stereocenters. The number of aryl methyl sites for hydroxylation is 4. The van der Waals surface area contributed by atoms with E-state index >= 15 is 0 Å². The third-order valence-corrected chi connectivity index (χ3v) is 7.30. The molecule has 2 aromatic rings. The Morgan fingerprint density at radius 1 is 1.03 bits per heavy atom. The molecule has 0 amide bonds. The van der Waals surface area contributed by atoms with Crippen molar-refractivity contribution >= 4 is 5.57 Å². The first-order valence-electron chi connectivity index (χ1n) is 12.6. The predicted molar refractivity (Wildman–Crippen MR) is 134 cm³/mol. The molecule has 0 radical (unpaired) electrons. The summed E-state index contributed by atoms with van der Waals surface area (Å²) in [5.74, 6) is 0.956. The molecule has 1 fully saturated rings. The van der Waals surface area contributed by atoms with E-state index in [0.29, 0.717) is 35.8 Å². The largest absolute Gasteiger partial charge is 0.416 e. The van der Waals surface area contributed by atoms with E-state index in [2.05, 4.69) is 45.5 Å². The van der Waals surface area contributed by atoms with Crippen LogP contribution in [0.5, 0.6) is 0 Å². The molecule has 1 aliphatic rings. The highest BCUT2D eigenvalue weighted by Gasteiger charge is 2.35. The molecule has 0 saturated heterocycles. The highest BCUT2D eigenvalue weighted by Crippen LogP contribution is 2.39. The number of rotatable bonds is 8. The average Bonchev–Trinajstić information content (AvgIpc) is 2.74. The molecule has 3 heteroatoms. The number of allylic oxidation sites excluding steroid dienone is 1. The summed E-state index contributed by atoms with van der Waals surface area (Å²) in [6, 6.07) is 9.82. The van der Waals surface area contributed by atoms with Crippen molar-refractivity contribution in [2.75, 3.05) is 0 Å². The van der Waals surface area contributed by atoms with Crippen molar-refractivity contribution in [3.05, 3.63) is 75.9 Å². The molecule has 3 rings (SSSR count). The Labute approximate surface area is 198 Å². The zero-order valence-corrected chi connectivity index (χ0v) is 20.7. The summed E-state index contributed by atoms with van der Waals surface area (Å²) in [7, 11) is 0. The van der Waals surface area contributed by atoms with Gasteiger partial charge in [0.15, 0.2) is 0 Å². The first-order chi connectivity index (χ1) is 15.6. The topological polar surface area (TPSA) is 0 Å². The molecule has 2 aromatic carbocycles. The SMILES string of the molecule is C=C(CCc1cc(C)ccc1CCC)c1cc(C)c(CC2CCCC(C)C2)c(C(F)(F)F)c1. The van der Waals surface area contributed by atoms with Gasteiger partial charge in [0.2, 0.25) is 0 Å². The van der Waals surface area contributed by atoms with Crippen molar-refractivity contribution in [3.63, 3.8) is 0 Å². The van der Waals surface area contributed by atoms with Crippen LogP contribution in [0.25, 0.3) is 5.57 Å². The van der Waals surface area contributed by atoms with Crippen LogP contribution in [0, 0.1) is 25.7 Å². The summed E-state index contributed by atoms with van der Waals surface area (Å²) in [4.78, 5) is 0. The fourth-order valence-electron chi connectivity index (χ4n) is 5.51. The lowest BCUT2D eigenvalue weighted by Gasteiger charge is -2.28. The van der Waals surface area contributed by atoms with E-state index in [0.717, 1.165) is 49.7 Å². The Morgan fingerprint density at radius 3 is 2.45 bits per heavy atom. The molecule has 0 aromatic heterocycles. The lowest BCUT2D eigenvalue weighted by atomic mass is 9.77. The van der Waals surface area contributed by atoms with Gasteiger partial charge in [-0.1, -0.05) is 75.9 Å². The lowest BCUT2D eigenvalue weighted by Crippen LogP contribution is -2.19. The maximum Gasteiger partial charge on any atom is 0.416 e. The van der Waals surface area contributed by atoms with Gasteiger partial charge in [0.1, 0.15) is 0 Å². The molecule has 1 aliphatic carbocycles. The van der Waals surface area contributed by atoms with Crippen molar-refractivity contribution in [2.24, 2.45) is 11.8 Å². The van der Waals surface area contributed by atoms with E-state index in [1.165, 1.54) is 29.2 Å². The maximum absolute atomic E-state index is 14.1. The van der Waals surface area contributed by atoms with Crippen LogP contribution in [-0.2, 0) is 25.4 Å². The lowest BCUT2D eigenvalue weighted by molar-refractivity contribution is -0.138. The monoisotopic (exact) mass is 456 g/mol. The van der Waals surface area contributed by atoms with Gasteiger partial charge in [-0.25, -0.2) is 0 Å². The fourth-order valence-corrected chi connectivity index (χ4v) is 5.51. The summed E-state index contributed by atoms with van der Waals surface area (Å²) >= 11 is 0. The number of alkyl halides is 3. The summed E-state index contributed by atoms with van der Waals surface area (Å²) < 4.78 is 42.3. The molecule has 0 bridgehead atoms. The van der Waals surface area contributed by atoms with Crippen LogP contribution in [0.15, 0.2) is 36.9 Å². The average molecular weight is 457 g/mol. The van der Waals surface area contributed by atoms with Gasteiger partial charge in [-0.3, -0.25) is 0 Å². The number of benzene rings is 2. The second-order valence-corrected chi connectivity index (χ2v) is 10.3. The van der Waals surface area contributed by atoms with Crippen LogP contribution in [-0.4, -0.2) is 0 Å². The van der Waals surface area contributed by atoms with Gasteiger partial charge in [0.05, 0.1) is 5.56 Å². The van der Waals surface area contributed by atoms with E-state index < -0.39 is 11.7 Å². The normalized spacial score (nSPS) is 19.0.